The molecule has 1 heterocycles. The molecule has 0 spiro atoms. The number of benzene rings is 2. The maximum absolute atomic E-state index is 9.25. The van der Waals surface area contributed by atoms with Gasteiger partial charge < -0.3 is 10.4 Å². The van der Waals surface area contributed by atoms with Crippen LogP contribution in [0.5, 0.6) is 0 Å². The smallest absolute Gasteiger partial charge is 0.102 e. The van der Waals surface area contributed by atoms with Crippen molar-refractivity contribution in [2.45, 2.75) is 19.6 Å². The highest BCUT2D eigenvalue weighted by atomic mass is 16.3. The molecule has 3 aromatic rings. The van der Waals surface area contributed by atoms with Gasteiger partial charge in [-0.3, -0.25) is 10.3 Å². The molecule has 5 heteroatoms. The first-order valence-corrected chi connectivity index (χ1v) is 8.71. The van der Waals surface area contributed by atoms with Gasteiger partial charge in [-0.25, -0.2) is 0 Å². The van der Waals surface area contributed by atoms with Crippen LogP contribution in [0.3, 0.4) is 0 Å². The summed E-state index contributed by atoms with van der Waals surface area (Å²) >= 11 is 0. The molecule has 0 saturated carbocycles. The van der Waals surface area contributed by atoms with Gasteiger partial charge in [0.15, 0.2) is 0 Å². The van der Waals surface area contributed by atoms with Crippen molar-refractivity contribution in [3.63, 3.8) is 0 Å². The third kappa shape index (κ3) is 4.37. The standard InChI is InChI=1S/C21H22N4O/c1-15(26)24-7-3-8-25-21-12-19(11-18-6-9-23-14-20(18)21)17-5-2-4-16(10-17)13-22/h2,4-6,9-12,14-15,24-26H,3,7-8H2,1H3. The topological polar surface area (TPSA) is 81.0 Å². The zero-order chi connectivity index (χ0) is 18.4. The highest BCUT2D eigenvalue weighted by molar-refractivity contribution is 5.97. The molecule has 0 aliphatic carbocycles. The van der Waals surface area contributed by atoms with Gasteiger partial charge in [-0.05, 0) is 66.7 Å². The summed E-state index contributed by atoms with van der Waals surface area (Å²) in [6.07, 6.45) is 4.05. The van der Waals surface area contributed by atoms with Crippen molar-refractivity contribution >= 4 is 16.5 Å². The molecule has 0 radical (unpaired) electrons. The maximum atomic E-state index is 9.25. The lowest BCUT2D eigenvalue weighted by atomic mass is 9.99. The van der Waals surface area contributed by atoms with Crippen LogP contribution in [0, 0.1) is 11.3 Å². The summed E-state index contributed by atoms with van der Waals surface area (Å²) < 4.78 is 0. The van der Waals surface area contributed by atoms with Gasteiger partial charge in [0.1, 0.15) is 6.23 Å². The van der Waals surface area contributed by atoms with E-state index in [0.717, 1.165) is 47.1 Å². The lowest BCUT2D eigenvalue weighted by molar-refractivity contribution is 0.157. The van der Waals surface area contributed by atoms with E-state index in [1.807, 2.05) is 36.5 Å². The van der Waals surface area contributed by atoms with E-state index in [9.17, 15) is 5.11 Å². The minimum atomic E-state index is -0.490. The van der Waals surface area contributed by atoms with Crippen LogP contribution in [0.4, 0.5) is 5.69 Å². The van der Waals surface area contributed by atoms with Crippen LogP contribution in [-0.2, 0) is 0 Å². The number of hydrogen-bond donors (Lipinski definition) is 3. The van der Waals surface area contributed by atoms with Crippen molar-refractivity contribution in [2.24, 2.45) is 0 Å². The zero-order valence-electron chi connectivity index (χ0n) is 14.7. The normalized spacial score (nSPS) is 11.9. The van der Waals surface area contributed by atoms with Crippen LogP contribution >= 0.6 is 0 Å². The van der Waals surface area contributed by atoms with E-state index in [0.29, 0.717) is 5.56 Å². The predicted octanol–water partition coefficient (Wildman–Crippen LogP) is 3.50. The SMILES string of the molecule is CC(O)NCCCNc1cc(-c2cccc(C#N)c2)cc2ccncc12. The Labute approximate surface area is 153 Å². The first-order valence-electron chi connectivity index (χ1n) is 8.71. The monoisotopic (exact) mass is 346 g/mol. The molecular weight excluding hydrogens is 324 g/mol. The van der Waals surface area contributed by atoms with E-state index < -0.39 is 6.23 Å². The van der Waals surface area contributed by atoms with Gasteiger partial charge in [0.25, 0.3) is 0 Å². The van der Waals surface area contributed by atoms with E-state index >= 15 is 0 Å². The number of pyridine rings is 1. The second-order valence-corrected chi connectivity index (χ2v) is 6.22. The summed E-state index contributed by atoms with van der Waals surface area (Å²) in [6, 6.07) is 16.0. The summed E-state index contributed by atoms with van der Waals surface area (Å²) in [6.45, 7) is 3.24. The first kappa shape index (κ1) is 17.9. The molecule has 0 aliphatic rings. The highest BCUT2D eigenvalue weighted by Crippen LogP contribution is 2.31. The Bertz CT molecular complexity index is 931. The van der Waals surface area contributed by atoms with E-state index in [2.05, 4.69) is 33.8 Å². The Kier molecular flexibility index (Phi) is 5.80. The molecule has 0 bridgehead atoms. The number of nitriles is 1. The fraction of sp³-hybridized carbons (Fsp3) is 0.238. The highest BCUT2D eigenvalue weighted by Gasteiger charge is 2.07. The van der Waals surface area contributed by atoms with Gasteiger partial charge in [-0.15, -0.1) is 0 Å². The van der Waals surface area contributed by atoms with Crippen LogP contribution in [-0.4, -0.2) is 29.4 Å². The van der Waals surface area contributed by atoms with Crippen molar-refractivity contribution in [3.05, 3.63) is 60.4 Å². The van der Waals surface area contributed by atoms with Crippen LogP contribution in [0.15, 0.2) is 54.9 Å². The number of nitrogens with zero attached hydrogens (tertiary/aromatic N) is 2. The minimum Gasteiger partial charge on any atom is -0.384 e. The molecule has 1 unspecified atom stereocenters. The Balaban J connectivity index is 1.88. The molecule has 3 N–H and O–H groups in total. The second kappa shape index (κ2) is 8.43. The number of aliphatic hydroxyl groups is 1. The van der Waals surface area contributed by atoms with Gasteiger partial charge in [0, 0.05) is 30.0 Å². The molecular formula is C21H22N4O. The summed E-state index contributed by atoms with van der Waals surface area (Å²) in [5.41, 5.74) is 3.74. The average Bonchev–Trinajstić information content (AvgIpc) is 2.67. The van der Waals surface area contributed by atoms with Crippen molar-refractivity contribution in [1.29, 1.82) is 5.26 Å². The van der Waals surface area contributed by atoms with Gasteiger partial charge in [-0.2, -0.15) is 5.26 Å². The fourth-order valence-corrected chi connectivity index (χ4v) is 2.90. The van der Waals surface area contributed by atoms with E-state index in [1.165, 1.54) is 0 Å². The fourth-order valence-electron chi connectivity index (χ4n) is 2.90. The number of aromatic nitrogens is 1. The zero-order valence-corrected chi connectivity index (χ0v) is 14.7. The lowest BCUT2D eigenvalue weighted by Crippen LogP contribution is -2.27. The molecule has 0 fully saturated rings. The van der Waals surface area contributed by atoms with Crippen LogP contribution in [0.1, 0.15) is 18.9 Å². The second-order valence-electron chi connectivity index (χ2n) is 6.22. The van der Waals surface area contributed by atoms with E-state index in [4.69, 9.17) is 5.26 Å². The number of fused-ring (bicyclic) bond motifs is 1. The largest absolute Gasteiger partial charge is 0.384 e. The summed E-state index contributed by atoms with van der Waals surface area (Å²) in [5.74, 6) is 0. The molecule has 1 atom stereocenters. The van der Waals surface area contributed by atoms with Gasteiger partial charge in [0.05, 0.1) is 11.6 Å². The van der Waals surface area contributed by atoms with Crippen molar-refractivity contribution in [3.8, 4) is 17.2 Å². The van der Waals surface area contributed by atoms with Gasteiger partial charge in [-0.1, -0.05) is 12.1 Å². The Morgan fingerprint density at radius 1 is 1.15 bits per heavy atom. The number of nitrogens with one attached hydrogen (secondary N) is 2. The Morgan fingerprint density at radius 2 is 2.04 bits per heavy atom. The number of anilines is 1. The van der Waals surface area contributed by atoms with Crippen LogP contribution in [0.2, 0.25) is 0 Å². The van der Waals surface area contributed by atoms with Gasteiger partial charge in [0.2, 0.25) is 0 Å². The van der Waals surface area contributed by atoms with E-state index in [-0.39, 0.29) is 0 Å². The first-order chi connectivity index (χ1) is 12.7. The summed E-state index contributed by atoms with van der Waals surface area (Å²) in [7, 11) is 0. The third-order valence-corrected chi connectivity index (χ3v) is 4.19. The lowest BCUT2D eigenvalue weighted by Gasteiger charge is -2.13. The molecule has 2 aromatic carbocycles. The third-order valence-electron chi connectivity index (χ3n) is 4.19. The van der Waals surface area contributed by atoms with Crippen molar-refractivity contribution in [1.82, 2.24) is 10.3 Å². The molecule has 5 nitrogen and oxygen atoms in total. The number of aliphatic hydroxyl groups excluding tert-OH is 1. The molecule has 26 heavy (non-hydrogen) atoms. The summed E-state index contributed by atoms with van der Waals surface area (Å²) in [5, 5.41) is 27.0. The number of hydrogen-bond acceptors (Lipinski definition) is 5. The van der Waals surface area contributed by atoms with Crippen LogP contribution < -0.4 is 10.6 Å². The Morgan fingerprint density at radius 3 is 2.85 bits per heavy atom. The average molecular weight is 346 g/mol. The molecule has 1 aromatic heterocycles. The number of rotatable bonds is 7. The Hall–Kier alpha value is -2.94. The van der Waals surface area contributed by atoms with Gasteiger partial charge >= 0.3 is 0 Å². The van der Waals surface area contributed by atoms with Crippen molar-refractivity contribution in [2.75, 3.05) is 18.4 Å². The molecule has 3 rings (SSSR count). The maximum Gasteiger partial charge on any atom is 0.102 e. The van der Waals surface area contributed by atoms with E-state index in [1.54, 1.807) is 13.1 Å². The molecule has 0 aliphatic heterocycles. The summed E-state index contributed by atoms with van der Waals surface area (Å²) in [4.78, 5) is 4.24. The van der Waals surface area contributed by atoms with Crippen molar-refractivity contribution < 1.29 is 5.11 Å². The molecule has 0 saturated heterocycles. The van der Waals surface area contributed by atoms with Crippen LogP contribution in [0.25, 0.3) is 21.9 Å². The quantitative estimate of drug-likeness (QED) is 0.451. The predicted molar refractivity (Wildman–Crippen MR) is 105 cm³/mol. The molecule has 132 valence electrons. The minimum absolute atomic E-state index is 0.490. The molecule has 0 amide bonds.